The van der Waals surface area contributed by atoms with Crippen LogP contribution in [0.5, 0.6) is 0 Å². The fourth-order valence-electron chi connectivity index (χ4n) is 2.88. The molecule has 0 spiro atoms. The van der Waals surface area contributed by atoms with Crippen molar-refractivity contribution in [1.29, 1.82) is 0 Å². The van der Waals surface area contributed by atoms with Crippen LogP contribution in [0.25, 0.3) is 10.9 Å². The average molecular weight is 411 g/mol. The first-order valence-corrected chi connectivity index (χ1v) is 10.7. The third-order valence-corrected chi connectivity index (χ3v) is 6.58. The summed E-state index contributed by atoms with van der Waals surface area (Å²) in [5, 5.41) is 2.09. The summed E-state index contributed by atoms with van der Waals surface area (Å²) in [7, 11) is -1.49. The van der Waals surface area contributed by atoms with Crippen molar-refractivity contribution < 1.29 is 8.42 Å². The number of nitrogens with one attached hydrogen (secondary N) is 1. The Kier molecular flexibility index (Phi) is 5.63. The number of hydrogen-bond acceptors (Lipinski definition) is 3. The Morgan fingerprint density at radius 1 is 1.04 bits per heavy atom. The molecule has 0 aliphatic rings. The lowest BCUT2D eigenvalue weighted by atomic mass is 10.1. The lowest BCUT2D eigenvalue weighted by Crippen LogP contribution is -2.18. The van der Waals surface area contributed by atoms with Gasteiger partial charge in [-0.2, -0.15) is 0 Å². The Bertz CT molecular complexity index is 1030. The third kappa shape index (κ3) is 4.07. The molecule has 2 aromatic carbocycles. The first kappa shape index (κ1) is 19.2. The molecule has 0 saturated carbocycles. The Labute approximate surface area is 163 Å². The first-order chi connectivity index (χ1) is 12.3. The second-order valence-corrected chi connectivity index (χ2v) is 9.18. The number of rotatable bonds is 6. The highest BCUT2D eigenvalue weighted by Crippen LogP contribution is 2.29. The van der Waals surface area contributed by atoms with E-state index in [4.69, 9.17) is 23.2 Å². The molecule has 1 N–H and O–H groups in total. The molecule has 4 nitrogen and oxygen atoms in total. The molecule has 0 radical (unpaired) electrons. The Balaban J connectivity index is 2.06. The highest BCUT2D eigenvalue weighted by Gasteiger charge is 2.21. The molecule has 7 heteroatoms. The van der Waals surface area contributed by atoms with E-state index in [-0.39, 0.29) is 10.6 Å². The molecule has 1 heterocycles. The van der Waals surface area contributed by atoms with Crippen molar-refractivity contribution in [1.82, 2.24) is 9.88 Å². The second-order valence-electron chi connectivity index (χ2n) is 6.32. The molecule has 138 valence electrons. The molecule has 0 atom stereocenters. The van der Waals surface area contributed by atoms with Crippen LogP contribution in [-0.4, -0.2) is 31.9 Å². The van der Waals surface area contributed by atoms with Crippen molar-refractivity contribution in [3.63, 3.8) is 0 Å². The normalized spacial score (nSPS) is 12.2. The van der Waals surface area contributed by atoms with E-state index in [0.29, 0.717) is 22.3 Å². The van der Waals surface area contributed by atoms with Gasteiger partial charge < -0.3 is 9.88 Å². The maximum Gasteiger partial charge on any atom is 0.183 e. The van der Waals surface area contributed by atoms with E-state index in [0.717, 1.165) is 23.0 Å². The largest absolute Gasteiger partial charge is 0.357 e. The van der Waals surface area contributed by atoms with Gasteiger partial charge in [0, 0.05) is 33.2 Å². The van der Waals surface area contributed by atoms with Gasteiger partial charge in [0.15, 0.2) is 9.84 Å². The lowest BCUT2D eigenvalue weighted by molar-refractivity contribution is 0.346. The van der Waals surface area contributed by atoms with Crippen molar-refractivity contribution in [2.75, 3.05) is 13.6 Å². The minimum absolute atomic E-state index is 0.103. The molecule has 0 amide bonds. The minimum atomic E-state index is -3.49. The van der Waals surface area contributed by atoms with Crippen LogP contribution in [0.1, 0.15) is 18.2 Å². The molecule has 3 aromatic rings. The molecule has 0 unspecified atom stereocenters. The van der Waals surface area contributed by atoms with E-state index in [2.05, 4.69) is 16.8 Å². The third-order valence-electron chi connectivity index (χ3n) is 4.43. The second kappa shape index (κ2) is 7.61. The van der Waals surface area contributed by atoms with Gasteiger partial charge in [0.25, 0.3) is 0 Å². The zero-order chi connectivity index (χ0) is 18.9. The molecule has 3 rings (SSSR count). The van der Waals surface area contributed by atoms with Crippen LogP contribution in [0.15, 0.2) is 47.4 Å². The molecule has 0 aliphatic carbocycles. The molecule has 26 heavy (non-hydrogen) atoms. The van der Waals surface area contributed by atoms with Crippen molar-refractivity contribution in [2.45, 2.75) is 24.1 Å². The highest BCUT2D eigenvalue weighted by atomic mass is 35.5. The van der Waals surface area contributed by atoms with E-state index in [1.54, 1.807) is 18.2 Å². The summed E-state index contributed by atoms with van der Waals surface area (Å²) in [6, 6.07) is 11.8. The van der Waals surface area contributed by atoms with Crippen LogP contribution in [0.4, 0.5) is 0 Å². The van der Waals surface area contributed by atoms with Crippen LogP contribution in [0.2, 0.25) is 10.0 Å². The van der Waals surface area contributed by atoms with Gasteiger partial charge in [0.05, 0.1) is 10.6 Å². The van der Waals surface area contributed by atoms with Gasteiger partial charge in [-0.15, -0.1) is 0 Å². The summed E-state index contributed by atoms with van der Waals surface area (Å²) in [5.41, 5.74) is 2.54. The summed E-state index contributed by atoms with van der Waals surface area (Å²) < 4.78 is 25.7. The van der Waals surface area contributed by atoms with Crippen LogP contribution in [0, 0.1) is 0 Å². The van der Waals surface area contributed by atoms with Crippen LogP contribution >= 0.6 is 23.2 Å². The Morgan fingerprint density at radius 2 is 1.69 bits per heavy atom. The standard InChI is InChI=1S/C19H20Cl2N2O2S/c1-3-23(2)11-17-16-10-14(21)6-9-18(16)22-19(17)12-26(24,25)15-7-4-13(20)5-8-15/h4-10,22H,3,11-12H2,1-2H3. The summed E-state index contributed by atoms with van der Waals surface area (Å²) >= 11 is 12.0. The van der Waals surface area contributed by atoms with Gasteiger partial charge in [-0.25, -0.2) is 8.42 Å². The smallest absolute Gasteiger partial charge is 0.183 e. The lowest BCUT2D eigenvalue weighted by Gasteiger charge is -2.15. The Hall–Kier alpha value is -1.53. The molecule has 0 aliphatic heterocycles. The number of H-pyrrole nitrogens is 1. The fraction of sp³-hybridized carbons (Fsp3) is 0.263. The number of halogens is 2. The van der Waals surface area contributed by atoms with Gasteiger partial charge in [-0.1, -0.05) is 30.1 Å². The van der Waals surface area contributed by atoms with Crippen molar-refractivity contribution in [3.05, 3.63) is 63.8 Å². The quantitative estimate of drug-likeness (QED) is 0.628. The van der Waals surface area contributed by atoms with E-state index in [1.807, 2.05) is 19.2 Å². The molecule has 0 fully saturated rings. The summed E-state index contributed by atoms with van der Waals surface area (Å²) in [6.45, 7) is 3.56. The number of hydrogen-bond donors (Lipinski definition) is 1. The van der Waals surface area contributed by atoms with E-state index in [1.165, 1.54) is 12.1 Å². The van der Waals surface area contributed by atoms with Crippen molar-refractivity contribution in [2.24, 2.45) is 0 Å². The van der Waals surface area contributed by atoms with Gasteiger partial charge in [-0.05, 0) is 61.6 Å². The number of fused-ring (bicyclic) bond motifs is 1. The zero-order valence-corrected chi connectivity index (χ0v) is 16.9. The number of benzene rings is 2. The van der Waals surface area contributed by atoms with Crippen LogP contribution in [-0.2, 0) is 22.1 Å². The van der Waals surface area contributed by atoms with E-state index in [9.17, 15) is 8.42 Å². The van der Waals surface area contributed by atoms with E-state index < -0.39 is 9.84 Å². The molecular weight excluding hydrogens is 391 g/mol. The van der Waals surface area contributed by atoms with Crippen LogP contribution < -0.4 is 0 Å². The molecule has 0 bridgehead atoms. The average Bonchev–Trinajstić information content (AvgIpc) is 2.91. The topological polar surface area (TPSA) is 53.2 Å². The predicted molar refractivity (Wildman–Crippen MR) is 108 cm³/mol. The number of sulfone groups is 1. The fourth-order valence-corrected chi connectivity index (χ4v) is 4.52. The number of aromatic nitrogens is 1. The summed E-state index contributed by atoms with van der Waals surface area (Å²) in [4.78, 5) is 5.65. The Morgan fingerprint density at radius 3 is 2.35 bits per heavy atom. The monoisotopic (exact) mass is 410 g/mol. The first-order valence-electron chi connectivity index (χ1n) is 8.26. The highest BCUT2D eigenvalue weighted by molar-refractivity contribution is 7.90. The number of nitrogens with zero attached hydrogens (tertiary/aromatic N) is 1. The van der Waals surface area contributed by atoms with Crippen molar-refractivity contribution >= 4 is 43.9 Å². The van der Waals surface area contributed by atoms with Gasteiger partial charge >= 0.3 is 0 Å². The zero-order valence-electron chi connectivity index (χ0n) is 14.6. The van der Waals surface area contributed by atoms with Gasteiger partial charge in [0.1, 0.15) is 0 Å². The van der Waals surface area contributed by atoms with Gasteiger partial charge in [0.2, 0.25) is 0 Å². The summed E-state index contributed by atoms with van der Waals surface area (Å²) in [6.07, 6.45) is 0. The maximum absolute atomic E-state index is 12.9. The SMILES string of the molecule is CCN(C)Cc1c(CS(=O)(=O)c2ccc(Cl)cc2)[nH]c2ccc(Cl)cc12. The number of aromatic amines is 1. The predicted octanol–water partition coefficient (Wildman–Crippen LogP) is 4.90. The molecular formula is C19H20Cl2N2O2S. The van der Waals surface area contributed by atoms with E-state index >= 15 is 0 Å². The summed E-state index contributed by atoms with van der Waals surface area (Å²) in [5.74, 6) is -0.103. The van der Waals surface area contributed by atoms with Gasteiger partial charge in [-0.3, -0.25) is 0 Å². The minimum Gasteiger partial charge on any atom is -0.357 e. The van der Waals surface area contributed by atoms with Crippen LogP contribution in [0.3, 0.4) is 0 Å². The molecule has 1 aromatic heterocycles. The van der Waals surface area contributed by atoms with Crippen molar-refractivity contribution in [3.8, 4) is 0 Å². The molecule has 0 saturated heterocycles. The maximum atomic E-state index is 12.9.